The van der Waals surface area contributed by atoms with Crippen molar-refractivity contribution in [2.24, 2.45) is 5.41 Å². The molecule has 1 saturated heterocycles. The predicted molar refractivity (Wildman–Crippen MR) is 165 cm³/mol. The fraction of sp³-hybridized carbons (Fsp3) is 0.379. The molecule has 0 aliphatic carbocycles. The van der Waals surface area contributed by atoms with Crippen LogP contribution in [0.3, 0.4) is 0 Å². The molecular weight excluding hydrogens is 679 g/mol. The van der Waals surface area contributed by atoms with Crippen molar-refractivity contribution in [3.05, 3.63) is 51.5 Å². The highest BCUT2D eigenvalue weighted by Crippen LogP contribution is 2.37. The van der Waals surface area contributed by atoms with E-state index in [9.17, 15) is 57.9 Å². The third-order valence-electron chi connectivity index (χ3n) is 7.77. The minimum atomic E-state index is -1.78. The Bertz CT molecular complexity index is 1740. The highest BCUT2D eigenvalue weighted by molar-refractivity contribution is 6.47. The molecule has 1 unspecified atom stereocenters. The Morgan fingerprint density at radius 3 is 2.39 bits per heavy atom. The number of carboxylic acids is 1. The first kappa shape index (κ1) is 36.7. The minimum absolute atomic E-state index is 0.150. The van der Waals surface area contributed by atoms with Crippen LogP contribution in [0.5, 0.6) is 17.2 Å². The number of nitrogens with one attached hydrogen (secondary N) is 3. The Morgan fingerprint density at radius 1 is 1.08 bits per heavy atom. The van der Waals surface area contributed by atoms with E-state index >= 15 is 0 Å². The number of carboxylic acid groups (broad SMARTS) is 1. The van der Waals surface area contributed by atoms with E-state index in [0.29, 0.717) is 11.0 Å². The molecule has 2 aliphatic heterocycles. The summed E-state index contributed by atoms with van der Waals surface area (Å²) in [4.78, 5) is 77.8. The Labute approximate surface area is 282 Å². The lowest BCUT2D eigenvalue weighted by molar-refractivity contribution is -0.153. The van der Waals surface area contributed by atoms with Gasteiger partial charge in [-0.25, -0.2) is 18.4 Å². The number of piperazine rings is 1. The van der Waals surface area contributed by atoms with Crippen molar-refractivity contribution in [3.8, 4) is 17.2 Å². The van der Waals surface area contributed by atoms with Crippen LogP contribution in [0.1, 0.15) is 47.1 Å². The highest BCUT2D eigenvalue weighted by atomic mass is 35.5. The third-order valence-corrected chi connectivity index (χ3v) is 8.14. The van der Waals surface area contributed by atoms with E-state index in [2.05, 4.69) is 16.0 Å². The van der Waals surface area contributed by atoms with Crippen molar-refractivity contribution in [3.63, 3.8) is 0 Å². The van der Waals surface area contributed by atoms with Gasteiger partial charge in [0.15, 0.2) is 11.5 Å². The van der Waals surface area contributed by atoms with Gasteiger partial charge in [-0.05, 0) is 23.5 Å². The number of carbonyl (C=O) groups is 6. The summed E-state index contributed by atoms with van der Waals surface area (Å²) in [5.74, 6) is -11.5. The van der Waals surface area contributed by atoms with E-state index in [1.54, 1.807) is 20.8 Å². The van der Waals surface area contributed by atoms with Gasteiger partial charge < -0.3 is 45.8 Å². The van der Waals surface area contributed by atoms with E-state index < -0.39 is 99.4 Å². The molecular formula is C29H31BClF2N5O11. The number of hydrogen-bond acceptors (Lipinski definition) is 10. The van der Waals surface area contributed by atoms with E-state index in [1.807, 2.05) is 0 Å². The lowest BCUT2D eigenvalue weighted by Gasteiger charge is -2.36. The number of aromatic hydroxyl groups is 2. The fourth-order valence-corrected chi connectivity index (χ4v) is 5.45. The molecule has 6 amide bonds. The van der Waals surface area contributed by atoms with Gasteiger partial charge in [0.2, 0.25) is 5.91 Å². The van der Waals surface area contributed by atoms with Crippen LogP contribution in [0.15, 0.2) is 18.2 Å². The summed E-state index contributed by atoms with van der Waals surface area (Å²) in [6.45, 7) is 3.79. The van der Waals surface area contributed by atoms with Crippen molar-refractivity contribution >= 4 is 54.3 Å². The highest BCUT2D eigenvalue weighted by Gasteiger charge is 2.43. The molecule has 2 aromatic carbocycles. The summed E-state index contributed by atoms with van der Waals surface area (Å²) in [5.41, 5.74) is -2.32. The molecule has 0 spiro atoms. The number of benzene rings is 2. The summed E-state index contributed by atoms with van der Waals surface area (Å²) >= 11 is 5.76. The second kappa shape index (κ2) is 14.1. The quantitative estimate of drug-likeness (QED) is 0.113. The Hall–Kier alpha value is -5.17. The van der Waals surface area contributed by atoms with Gasteiger partial charge in [-0.15, -0.1) is 0 Å². The number of phenolic OH excluding ortho intramolecular Hbond substituents is 2. The van der Waals surface area contributed by atoms with Gasteiger partial charge in [0.25, 0.3) is 5.91 Å². The molecule has 2 aliphatic rings. The number of imide groups is 1. The van der Waals surface area contributed by atoms with Gasteiger partial charge in [0.1, 0.15) is 34.0 Å². The van der Waals surface area contributed by atoms with E-state index in [1.165, 1.54) is 6.07 Å². The molecule has 262 valence electrons. The van der Waals surface area contributed by atoms with E-state index in [4.69, 9.17) is 16.3 Å². The Balaban J connectivity index is 1.36. The first-order chi connectivity index (χ1) is 22.8. The average Bonchev–Trinajstić information content (AvgIpc) is 3.00. The monoisotopic (exact) mass is 709 g/mol. The zero-order valence-corrected chi connectivity index (χ0v) is 26.9. The maximum atomic E-state index is 14.2. The SMILES string of the molecule is CC(C)(C)C(NC(=O)N1CCN(CCNC(=O)c2c(F)cc(O)c(O)c2Cl)C(=O)C1=O)C(=O)N[C@H]1Cc2ccc(F)c(C(=O)O)c2OB1O. The zero-order valence-electron chi connectivity index (χ0n) is 26.2. The van der Waals surface area contributed by atoms with E-state index in [-0.39, 0.29) is 43.9 Å². The van der Waals surface area contributed by atoms with Gasteiger partial charge >= 0.3 is 30.9 Å². The van der Waals surface area contributed by atoms with Crippen LogP contribution in [-0.2, 0) is 20.8 Å². The Kier molecular flexibility index (Phi) is 10.6. The number of phenols is 2. The molecule has 7 N–H and O–H groups in total. The van der Waals surface area contributed by atoms with Gasteiger partial charge in [-0.2, -0.15) is 0 Å². The summed E-state index contributed by atoms with van der Waals surface area (Å²) in [6.07, 6.45) is -0.150. The van der Waals surface area contributed by atoms with Crippen LogP contribution in [-0.4, -0.2) is 111 Å². The van der Waals surface area contributed by atoms with Crippen molar-refractivity contribution in [1.82, 2.24) is 25.8 Å². The van der Waals surface area contributed by atoms with Gasteiger partial charge in [-0.3, -0.25) is 24.1 Å². The van der Waals surface area contributed by atoms with Gasteiger partial charge in [-0.1, -0.05) is 38.4 Å². The normalized spacial score (nSPS) is 16.8. The van der Waals surface area contributed by atoms with Crippen molar-refractivity contribution in [1.29, 1.82) is 0 Å². The van der Waals surface area contributed by atoms with Crippen molar-refractivity contribution in [2.45, 2.75) is 39.2 Å². The van der Waals surface area contributed by atoms with Gasteiger partial charge in [0, 0.05) is 32.2 Å². The predicted octanol–water partition coefficient (Wildman–Crippen LogP) is 0.392. The number of hydrogen-bond donors (Lipinski definition) is 7. The van der Waals surface area contributed by atoms with Crippen LogP contribution in [0.25, 0.3) is 0 Å². The molecule has 2 atom stereocenters. The Morgan fingerprint density at radius 2 is 1.76 bits per heavy atom. The molecule has 0 saturated carbocycles. The maximum absolute atomic E-state index is 14.2. The summed E-state index contributed by atoms with van der Waals surface area (Å²) in [5, 5.41) is 45.5. The summed E-state index contributed by atoms with van der Waals surface area (Å²) in [6, 6.07) is 0.240. The molecule has 16 nitrogen and oxygen atoms in total. The van der Waals surface area contributed by atoms with Crippen molar-refractivity contribution in [2.75, 3.05) is 26.2 Å². The second-order valence-corrected chi connectivity index (χ2v) is 12.6. The number of aromatic carboxylic acids is 1. The molecule has 20 heteroatoms. The first-order valence-corrected chi connectivity index (χ1v) is 15.0. The molecule has 2 heterocycles. The molecule has 2 aromatic rings. The molecule has 0 bridgehead atoms. The average molecular weight is 710 g/mol. The number of fused-ring (bicyclic) bond motifs is 1. The number of carbonyl (C=O) groups excluding carboxylic acids is 5. The third kappa shape index (κ3) is 7.62. The molecule has 0 radical (unpaired) electrons. The summed E-state index contributed by atoms with van der Waals surface area (Å²) in [7, 11) is -1.78. The minimum Gasteiger partial charge on any atom is -0.534 e. The van der Waals surface area contributed by atoms with Gasteiger partial charge in [0.05, 0.1) is 11.5 Å². The topological polar surface area (TPSA) is 235 Å². The molecule has 0 aromatic heterocycles. The zero-order chi connectivity index (χ0) is 36.5. The van der Waals surface area contributed by atoms with Crippen LogP contribution in [0.4, 0.5) is 13.6 Å². The van der Waals surface area contributed by atoms with Crippen LogP contribution >= 0.6 is 11.6 Å². The lowest BCUT2D eigenvalue weighted by Crippen LogP contribution is -2.64. The first-order valence-electron chi connectivity index (χ1n) is 14.6. The standard InChI is InChI=1S/C29H31BClF2N5O11/c1-29(2,3)22(24(42)35-16-10-12-4-5-13(32)18(27(45)46)21(12)49-30(16)48)36-28(47)38-9-8-37(25(43)26(38)44)7-6-34-23(41)17-14(33)11-15(39)20(40)19(17)31/h4-5,11,16,22,39-40,48H,6-10H2,1-3H3,(H,34,41)(H,35,42)(H,36,47)(H,45,46)/t16-,22?/m0/s1. The molecule has 1 fully saturated rings. The number of rotatable bonds is 8. The lowest BCUT2D eigenvalue weighted by atomic mass is 9.71. The number of halogens is 3. The summed E-state index contributed by atoms with van der Waals surface area (Å²) < 4.78 is 33.5. The fourth-order valence-electron chi connectivity index (χ4n) is 5.18. The molecule has 49 heavy (non-hydrogen) atoms. The second-order valence-electron chi connectivity index (χ2n) is 12.2. The number of amides is 6. The number of urea groups is 1. The van der Waals surface area contributed by atoms with Crippen LogP contribution in [0, 0.1) is 17.0 Å². The maximum Gasteiger partial charge on any atom is 0.547 e. The number of nitrogens with zero attached hydrogens (tertiary/aromatic N) is 2. The smallest absolute Gasteiger partial charge is 0.534 e. The van der Waals surface area contributed by atoms with E-state index in [0.717, 1.165) is 11.0 Å². The van der Waals surface area contributed by atoms with Crippen LogP contribution < -0.4 is 20.6 Å². The van der Waals surface area contributed by atoms with Crippen molar-refractivity contribution < 1.29 is 62.5 Å². The largest absolute Gasteiger partial charge is 0.547 e. The van der Waals surface area contributed by atoms with Crippen LogP contribution in [0.2, 0.25) is 5.02 Å². The molecule has 4 rings (SSSR count).